The molecule has 1 aromatic heterocycles. The van der Waals surface area contributed by atoms with Gasteiger partial charge in [0.05, 0.1) is 5.69 Å². The van der Waals surface area contributed by atoms with Crippen LogP contribution in [0.2, 0.25) is 0 Å². The summed E-state index contributed by atoms with van der Waals surface area (Å²) < 4.78 is 0. The monoisotopic (exact) mass is 234 g/mol. The van der Waals surface area contributed by atoms with Gasteiger partial charge in [-0.25, -0.2) is 0 Å². The van der Waals surface area contributed by atoms with Gasteiger partial charge in [-0.15, -0.1) is 0 Å². The third-order valence-corrected chi connectivity index (χ3v) is 3.40. The molecule has 0 spiro atoms. The van der Waals surface area contributed by atoms with Crippen LogP contribution in [0.4, 0.5) is 5.69 Å². The first-order valence-corrected chi connectivity index (χ1v) is 6.39. The summed E-state index contributed by atoms with van der Waals surface area (Å²) in [5, 5.41) is 3.15. The highest BCUT2D eigenvalue weighted by Gasteiger charge is 2.15. The number of rotatable bonds is 4. The lowest BCUT2D eigenvalue weighted by atomic mass is 10.2. The van der Waals surface area contributed by atoms with E-state index in [1.807, 2.05) is 19.3 Å². The van der Waals surface area contributed by atoms with E-state index < -0.39 is 0 Å². The quantitative estimate of drug-likeness (QED) is 0.850. The molecule has 4 heteroatoms. The van der Waals surface area contributed by atoms with Crippen LogP contribution in [0.5, 0.6) is 0 Å². The SMILES string of the molecule is CCN1CCN(Cc2cc(NC)ccn2)CC1. The molecule has 1 aliphatic heterocycles. The number of nitrogens with one attached hydrogen (secondary N) is 1. The van der Waals surface area contributed by atoms with Crippen LogP contribution in [-0.4, -0.2) is 54.6 Å². The van der Waals surface area contributed by atoms with Gasteiger partial charge >= 0.3 is 0 Å². The van der Waals surface area contributed by atoms with Crippen molar-refractivity contribution in [2.45, 2.75) is 13.5 Å². The molecule has 0 bridgehead atoms. The average Bonchev–Trinajstić information content (AvgIpc) is 2.40. The Morgan fingerprint density at radius 3 is 2.59 bits per heavy atom. The molecule has 0 saturated carbocycles. The molecule has 0 radical (unpaired) electrons. The van der Waals surface area contributed by atoms with Crippen LogP contribution in [0, 0.1) is 0 Å². The highest BCUT2D eigenvalue weighted by atomic mass is 15.3. The Labute approximate surface area is 104 Å². The molecular formula is C13H22N4. The summed E-state index contributed by atoms with van der Waals surface area (Å²) in [6.45, 7) is 9.03. The minimum absolute atomic E-state index is 0.965. The average molecular weight is 234 g/mol. The Kier molecular flexibility index (Phi) is 4.34. The van der Waals surface area contributed by atoms with Gasteiger partial charge in [0, 0.05) is 51.7 Å². The van der Waals surface area contributed by atoms with Gasteiger partial charge in [-0.1, -0.05) is 6.92 Å². The summed E-state index contributed by atoms with van der Waals surface area (Å²) in [6, 6.07) is 4.13. The molecule has 1 aromatic rings. The van der Waals surface area contributed by atoms with E-state index in [1.54, 1.807) is 0 Å². The van der Waals surface area contributed by atoms with Crippen molar-refractivity contribution in [1.29, 1.82) is 0 Å². The lowest BCUT2D eigenvalue weighted by molar-refractivity contribution is 0.131. The highest BCUT2D eigenvalue weighted by molar-refractivity contribution is 5.42. The summed E-state index contributed by atoms with van der Waals surface area (Å²) in [5.41, 5.74) is 2.30. The predicted molar refractivity (Wildman–Crippen MR) is 71.2 cm³/mol. The Morgan fingerprint density at radius 1 is 1.24 bits per heavy atom. The van der Waals surface area contributed by atoms with E-state index in [1.165, 1.54) is 19.6 Å². The summed E-state index contributed by atoms with van der Waals surface area (Å²) in [5.74, 6) is 0. The second-order valence-electron chi connectivity index (χ2n) is 4.50. The molecular weight excluding hydrogens is 212 g/mol. The molecule has 2 heterocycles. The number of aromatic nitrogens is 1. The van der Waals surface area contributed by atoms with Gasteiger partial charge in [-0.05, 0) is 18.7 Å². The van der Waals surface area contributed by atoms with Gasteiger partial charge in [-0.3, -0.25) is 9.88 Å². The molecule has 1 aliphatic rings. The number of hydrogen-bond acceptors (Lipinski definition) is 4. The van der Waals surface area contributed by atoms with E-state index in [0.29, 0.717) is 0 Å². The smallest absolute Gasteiger partial charge is 0.0564 e. The molecule has 17 heavy (non-hydrogen) atoms. The molecule has 0 amide bonds. The fraction of sp³-hybridized carbons (Fsp3) is 0.615. The van der Waals surface area contributed by atoms with Crippen LogP contribution in [0.15, 0.2) is 18.3 Å². The summed E-state index contributed by atoms with van der Waals surface area (Å²) >= 11 is 0. The van der Waals surface area contributed by atoms with Gasteiger partial charge in [0.25, 0.3) is 0 Å². The van der Waals surface area contributed by atoms with Gasteiger partial charge in [0.2, 0.25) is 0 Å². The maximum atomic E-state index is 4.43. The third-order valence-electron chi connectivity index (χ3n) is 3.40. The van der Waals surface area contributed by atoms with E-state index in [4.69, 9.17) is 0 Å². The second-order valence-corrected chi connectivity index (χ2v) is 4.50. The van der Waals surface area contributed by atoms with Crippen molar-refractivity contribution in [2.24, 2.45) is 0 Å². The van der Waals surface area contributed by atoms with Crippen molar-refractivity contribution in [1.82, 2.24) is 14.8 Å². The zero-order chi connectivity index (χ0) is 12.1. The molecule has 0 atom stereocenters. The van der Waals surface area contributed by atoms with Gasteiger partial charge < -0.3 is 10.2 Å². The molecule has 4 nitrogen and oxygen atoms in total. The van der Waals surface area contributed by atoms with Crippen LogP contribution in [0.25, 0.3) is 0 Å². The number of piperazine rings is 1. The van der Waals surface area contributed by atoms with Crippen LogP contribution >= 0.6 is 0 Å². The zero-order valence-electron chi connectivity index (χ0n) is 10.8. The first-order chi connectivity index (χ1) is 8.31. The molecule has 94 valence electrons. The van der Waals surface area contributed by atoms with E-state index in [0.717, 1.165) is 31.0 Å². The van der Waals surface area contributed by atoms with Crippen LogP contribution in [-0.2, 0) is 6.54 Å². The first kappa shape index (κ1) is 12.3. The fourth-order valence-electron chi connectivity index (χ4n) is 2.21. The number of likely N-dealkylation sites (N-methyl/N-ethyl adjacent to an activating group) is 1. The van der Waals surface area contributed by atoms with E-state index in [2.05, 4.69) is 33.1 Å². The topological polar surface area (TPSA) is 31.4 Å². The van der Waals surface area contributed by atoms with Gasteiger partial charge in [0.15, 0.2) is 0 Å². The van der Waals surface area contributed by atoms with Gasteiger partial charge in [0.1, 0.15) is 0 Å². The number of nitrogens with zero attached hydrogens (tertiary/aromatic N) is 3. The minimum atomic E-state index is 0.965. The Morgan fingerprint density at radius 2 is 1.94 bits per heavy atom. The third kappa shape index (κ3) is 3.41. The normalized spacial score (nSPS) is 18.2. The van der Waals surface area contributed by atoms with Crippen molar-refractivity contribution in [3.63, 3.8) is 0 Å². The summed E-state index contributed by atoms with van der Waals surface area (Å²) in [6.07, 6.45) is 1.88. The van der Waals surface area contributed by atoms with E-state index in [-0.39, 0.29) is 0 Å². The largest absolute Gasteiger partial charge is 0.388 e. The van der Waals surface area contributed by atoms with E-state index >= 15 is 0 Å². The second kappa shape index (κ2) is 5.98. The first-order valence-electron chi connectivity index (χ1n) is 6.39. The van der Waals surface area contributed by atoms with Crippen molar-refractivity contribution in [3.8, 4) is 0 Å². The molecule has 1 fully saturated rings. The minimum Gasteiger partial charge on any atom is -0.388 e. The number of anilines is 1. The fourth-order valence-corrected chi connectivity index (χ4v) is 2.21. The number of pyridine rings is 1. The molecule has 0 unspecified atom stereocenters. The van der Waals surface area contributed by atoms with Crippen LogP contribution in [0.1, 0.15) is 12.6 Å². The molecule has 0 aromatic carbocycles. The standard InChI is InChI=1S/C13H22N4/c1-3-16-6-8-17(9-7-16)11-13-10-12(14-2)4-5-15-13/h4-5,10H,3,6-9,11H2,1-2H3,(H,14,15). The molecule has 1 saturated heterocycles. The Hall–Kier alpha value is -1.13. The number of hydrogen-bond donors (Lipinski definition) is 1. The highest BCUT2D eigenvalue weighted by Crippen LogP contribution is 2.10. The molecule has 1 N–H and O–H groups in total. The zero-order valence-corrected chi connectivity index (χ0v) is 10.8. The Balaban J connectivity index is 1.88. The van der Waals surface area contributed by atoms with Crippen molar-refractivity contribution < 1.29 is 0 Å². The predicted octanol–water partition coefficient (Wildman–Crippen LogP) is 1.26. The molecule has 2 rings (SSSR count). The maximum absolute atomic E-state index is 4.43. The summed E-state index contributed by atoms with van der Waals surface area (Å²) in [4.78, 5) is 9.40. The summed E-state index contributed by atoms with van der Waals surface area (Å²) in [7, 11) is 1.94. The van der Waals surface area contributed by atoms with Crippen LogP contribution < -0.4 is 5.32 Å². The Bertz CT molecular complexity index is 345. The van der Waals surface area contributed by atoms with Crippen LogP contribution in [0.3, 0.4) is 0 Å². The lowest BCUT2D eigenvalue weighted by Gasteiger charge is -2.33. The lowest BCUT2D eigenvalue weighted by Crippen LogP contribution is -2.45. The van der Waals surface area contributed by atoms with Crippen molar-refractivity contribution >= 4 is 5.69 Å². The van der Waals surface area contributed by atoms with E-state index in [9.17, 15) is 0 Å². The van der Waals surface area contributed by atoms with Gasteiger partial charge in [-0.2, -0.15) is 0 Å². The van der Waals surface area contributed by atoms with Crippen molar-refractivity contribution in [2.75, 3.05) is 45.1 Å². The van der Waals surface area contributed by atoms with Crippen molar-refractivity contribution in [3.05, 3.63) is 24.0 Å². The molecule has 0 aliphatic carbocycles. The maximum Gasteiger partial charge on any atom is 0.0564 e.